The molecule has 4 heteroatoms. The normalized spacial score (nSPS) is 14.6. The molecule has 0 radical (unpaired) electrons. The molecule has 1 aliphatic heterocycles. The molecule has 1 aromatic rings. The zero-order chi connectivity index (χ0) is 13.0. The van der Waals surface area contributed by atoms with E-state index in [9.17, 15) is 9.59 Å². The quantitative estimate of drug-likeness (QED) is 0.620. The maximum atomic E-state index is 11.9. The summed E-state index contributed by atoms with van der Waals surface area (Å²) in [6, 6.07) is 6.75. The number of Topliss-reactive ketones (excluding diaryl/α,β-unsaturated/α-hetero) is 2. The lowest BCUT2D eigenvalue weighted by Gasteiger charge is -2.12. The molecule has 3 nitrogen and oxygen atoms in total. The first-order valence-electron chi connectivity index (χ1n) is 5.80. The number of ketones is 2. The summed E-state index contributed by atoms with van der Waals surface area (Å²) in [7, 11) is 0. The number of ether oxygens (including phenoxy) is 1. The maximum Gasteiger partial charge on any atom is 0.172 e. The number of benzene rings is 1. The molecular formula is C14H13ClO3. The molecule has 1 aromatic carbocycles. The minimum absolute atomic E-state index is 0.154. The molecule has 0 amide bonds. The number of hydrogen-bond donors (Lipinski definition) is 0. The lowest BCUT2D eigenvalue weighted by atomic mass is 9.99. The second kappa shape index (κ2) is 5.83. The minimum Gasteiger partial charge on any atom is -0.501 e. The third-order valence-electron chi connectivity index (χ3n) is 2.79. The molecule has 0 bridgehead atoms. The van der Waals surface area contributed by atoms with E-state index in [1.54, 1.807) is 24.3 Å². The standard InChI is InChI=1S/C14H13ClO3/c15-12-6-2-1-5-11(12)14(17)8-13(16)10-4-3-7-18-9-10/h1-2,5-6,9H,3-4,7-8H2. The maximum absolute atomic E-state index is 11.9. The smallest absolute Gasteiger partial charge is 0.172 e. The van der Waals surface area contributed by atoms with E-state index in [4.69, 9.17) is 16.3 Å². The summed E-state index contributed by atoms with van der Waals surface area (Å²) in [5.74, 6) is -0.434. The van der Waals surface area contributed by atoms with Crippen LogP contribution < -0.4 is 0 Å². The number of carbonyl (C=O) groups is 2. The van der Waals surface area contributed by atoms with Gasteiger partial charge in [0.05, 0.1) is 24.3 Å². The first kappa shape index (κ1) is 12.8. The Bertz CT molecular complexity index is 506. The van der Waals surface area contributed by atoms with Crippen molar-refractivity contribution in [3.63, 3.8) is 0 Å². The van der Waals surface area contributed by atoms with E-state index in [1.165, 1.54) is 6.26 Å². The molecule has 0 unspecified atom stereocenters. The molecule has 0 N–H and O–H groups in total. The zero-order valence-corrected chi connectivity index (χ0v) is 10.6. The largest absolute Gasteiger partial charge is 0.501 e. The van der Waals surface area contributed by atoms with Crippen LogP contribution in [-0.2, 0) is 9.53 Å². The molecule has 0 aromatic heterocycles. The molecular weight excluding hydrogens is 252 g/mol. The van der Waals surface area contributed by atoms with Crippen molar-refractivity contribution in [2.24, 2.45) is 0 Å². The average molecular weight is 265 g/mol. The lowest BCUT2D eigenvalue weighted by molar-refractivity contribution is -0.115. The summed E-state index contributed by atoms with van der Waals surface area (Å²) >= 11 is 5.92. The molecule has 94 valence electrons. The number of allylic oxidation sites excluding steroid dienone is 1. The van der Waals surface area contributed by atoms with Crippen LogP contribution in [0.5, 0.6) is 0 Å². The van der Waals surface area contributed by atoms with Gasteiger partial charge in [-0.25, -0.2) is 0 Å². The molecule has 2 rings (SSSR count). The molecule has 0 saturated carbocycles. The molecule has 1 aliphatic rings. The summed E-state index contributed by atoms with van der Waals surface area (Å²) in [4.78, 5) is 23.8. The van der Waals surface area contributed by atoms with Crippen molar-refractivity contribution in [3.8, 4) is 0 Å². The fourth-order valence-electron chi connectivity index (χ4n) is 1.81. The fourth-order valence-corrected chi connectivity index (χ4v) is 2.05. The van der Waals surface area contributed by atoms with Crippen LogP contribution in [0.25, 0.3) is 0 Å². The van der Waals surface area contributed by atoms with Crippen LogP contribution in [0.1, 0.15) is 29.6 Å². The Labute approximate surface area is 110 Å². The highest BCUT2D eigenvalue weighted by molar-refractivity contribution is 6.34. The van der Waals surface area contributed by atoms with E-state index in [2.05, 4.69) is 0 Å². The molecule has 1 heterocycles. The highest BCUT2D eigenvalue weighted by Gasteiger charge is 2.19. The van der Waals surface area contributed by atoms with Crippen molar-refractivity contribution < 1.29 is 14.3 Å². The van der Waals surface area contributed by atoms with Gasteiger partial charge in [0.15, 0.2) is 11.6 Å². The predicted molar refractivity (Wildman–Crippen MR) is 68.7 cm³/mol. The number of hydrogen-bond acceptors (Lipinski definition) is 3. The van der Waals surface area contributed by atoms with E-state index in [0.29, 0.717) is 29.2 Å². The molecule has 0 saturated heterocycles. The van der Waals surface area contributed by atoms with Crippen LogP contribution >= 0.6 is 11.6 Å². The molecule has 0 aliphatic carbocycles. The van der Waals surface area contributed by atoms with Crippen molar-refractivity contribution >= 4 is 23.2 Å². The van der Waals surface area contributed by atoms with Crippen molar-refractivity contribution in [3.05, 3.63) is 46.7 Å². The fraction of sp³-hybridized carbons (Fsp3) is 0.286. The number of carbonyl (C=O) groups excluding carboxylic acids is 2. The Morgan fingerprint density at radius 2 is 2.00 bits per heavy atom. The number of halogens is 1. The minimum atomic E-state index is -0.253. The molecule has 18 heavy (non-hydrogen) atoms. The van der Waals surface area contributed by atoms with Gasteiger partial charge >= 0.3 is 0 Å². The van der Waals surface area contributed by atoms with Gasteiger partial charge in [-0.15, -0.1) is 0 Å². The average Bonchev–Trinajstić information content (AvgIpc) is 2.40. The third kappa shape index (κ3) is 2.99. The summed E-state index contributed by atoms with van der Waals surface area (Å²) in [5.41, 5.74) is 0.978. The van der Waals surface area contributed by atoms with Crippen molar-refractivity contribution in [2.75, 3.05) is 6.61 Å². The van der Waals surface area contributed by atoms with E-state index in [0.717, 1.165) is 6.42 Å². The second-order valence-electron chi connectivity index (χ2n) is 4.12. The first-order chi connectivity index (χ1) is 8.68. The number of rotatable bonds is 4. The van der Waals surface area contributed by atoms with Gasteiger partial charge in [-0.05, 0) is 25.0 Å². The van der Waals surface area contributed by atoms with Gasteiger partial charge < -0.3 is 4.74 Å². The highest BCUT2D eigenvalue weighted by Crippen LogP contribution is 2.19. The highest BCUT2D eigenvalue weighted by atomic mass is 35.5. The van der Waals surface area contributed by atoms with E-state index in [-0.39, 0.29) is 18.0 Å². The summed E-state index contributed by atoms with van der Waals surface area (Å²) in [6.45, 7) is 0.634. The SMILES string of the molecule is O=C(CC(=O)c1ccccc1Cl)C1=COCCC1. The van der Waals surface area contributed by atoms with E-state index < -0.39 is 0 Å². The monoisotopic (exact) mass is 264 g/mol. The van der Waals surface area contributed by atoms with Crippen LogP contribution in [-0.4, -0.2) is 18.2 Å². The van der Waals surface area contributed by atoms with Gasteiger partial charge in [0.25, 0.3) is 0 Å². The zero-order valence-electron chi connectivity index (χ0n) is 9.82. The van der Waals surface area contributed by atoms with E-state index >= 15 is 0 Å². The molecule has 0 atom stereocenters. The Morgan fingerprint density at radius 3 is 2.67 bits per heavy atom. The van der Waals surface area contributed by atoms with Gasteiger partial charge in [0, 0.05) is 11.1 Å². The van der Waals surface area contributed by atoms with Gasteiger partial charge in [0.1, 0.15) is 0 Å². The Morgan fingerprint density at radius 1 is 1.22 bits per heavy atom. The van der Waals surface area contributed by atoms with Crippen molar-refractivity contribution in [2.45, 2.75) is 19.3 Å². The third-order valence-corrected chi connectivity index (χ3v) is 3.12. The van der Waals surface area contributed by atoms with Crippen molar-refractivity contribution in [1.29, 1.82) is 0 Å². The van der Waals surface area contributed by atoms with Gasteiger partial charge in [-0.2, -0.15) is 0 Å². The van der Waals surface area contributed by atoms with Gasteiger partial charge in [0.2, 0.25) is 0 Å². The predicted octanol–water partition coefficient (Wildman–Crippen LogP) is 3.18. The first-order valence-corrected chi connectivity index (χ1v) is 6.18. The Kier molecular flexibility index (Phi) is 4.15. The van der Waals surface area contributed by atoms with Crippen LogP contribution in [0.4, 0.5) is 0 Å². The van der Waals surface area contributed by atoms with Crippen LogP contribution in [0, 0.1) is 0 Å². The van der Waals surface area contributed by atoms with Crippen LogP contribution in [0.3, 0.4) is 0 Å². The van der Waals surface area contributed by atoms with Gasteiger partial charge in [-0.1, -0.05) is 23.7 Å². The summed E-state index contributed by atoms with van der Waals surface area (Å²) in [6.07, 6.45) is 2.80. The van der Waals surface area contributed by atoms with Crippen LogP contribution in [0.15, 0.2) is 36.1 Å². The topological polar surface area (TPSA) is 43.4 Å². The van der Waals surface area contributed by atoms with Crippen LogP contribution in [0.2, 0.25) is 5.02 Å². The summed E-state index contributed by atoms with van der Waals surface area (Å²) < 4.78 is 5.09. The lowest BCUT2D eigenvalue weighted by Crippen LogP contribution is -2.13. The van der Waals surface area contributed by atoms with E-state index in [1.807, 2.05) is 0 Å². The molecule has 0 spiro atoms. The second-order valence-corrected chi connectivity index (χ2v) is 4.53. The molecule has 0 fully saturated rings. The van der Waals surface area contributed by atoms with Crippen molar-refractivity contribution in [1.82, 2.24) is 0 Å². The van der Waals surface area contributed by atoms with Gasteiger partial charge in [-0.3, -0.25) is 9.59 Å². The Balaban J connectivity index is 2.06. The Hall–Kier alpha value is -1.61. The summed E-state index contributed by atoms with van der Waals surface area (Å²) in [5, 5.41) is 0.379.